The van der Waals surface area contributed by atoms with E-state index in [1.807, 2.05) is 20.2 Å². The normalized spacial score (nSPS) is 12.6. The van der Waals surface area contributed by atoms with Gasteiger partial charge in [0.05, 0.1) is 5.69 Å². The van der Waals surface area contributed by atoms with Gasteiger partial charge in [0, 0.05) is 36.3 Å². The molecule has 1 heterocycles. The minimum atomic E-state index is -0.264. The molecular weight excluding hydrogens is 279 g/mol. The van der Waals surface area contributed by atoms with E-state index in [9.17, 15) is 4.39 Å². The van der Waals surface area contributed by atoms with Crippen molar-refractivity contribution in [1.82, 2.24) is 20.3 Å². The molecule has 1 aromatic heterocycles. The summed E-state index contributed by atoms with van der Waals surface area (Å²) in [5.41, 5.74) is 1.43. The van der Waals surface area contributed by atoms with E-state index in [-0.39, 0.29) is 11.9 Å². The van der Waals surface area contributed by atoms with Crippen LogP contribution in [-0.2, 0) is 19.9 Å². The predicted molar refractivity (Wildman–Crippen MR) is 77.3 cm³/mol. The standard InChI is InChI=1S/C14H18ClFN4/c1-3-17-10(7-11-9-20(2)19-18-11)8-12-13(15)5-4-6-14(12)16/h4-6,9-10,17H,3,7-8H2,1-2H3. The van der Waals surface area contributed by atoms with E-state index in [4.69, 9.17) is 11.6 Å². The van der Waals surface area contributed by atoms with Crippen LogP contribution in [0.15, 0.2) is 24.4 Å². The van der Waals surface area contributed by atoms with E-state index in [0.717, 1.165) is 12.2 Å². The molecule has 2 rings (SSSR count). The maximum absolute atomic E-state index is 13.8. The first-order chi connectivity index (χ1) is 9.60. The van der Waals surface area contributed by atoms with Crippen LogP contribution in [0.3, 0.4) is 0 Å². The second-order valence-electron chi connectivity index (χ2n) is 4.75. The molecule has 6 heteroatoms. The maximum atomic E-state index is 13.8. The van der Waals surface area contributed by atoms with Crippen LogP contribution < -0.4 is 5.32 Å². The van der Waals surface area contributed by atoms with E-state index < -0.39 is 0 Å². The fourth-order valence-corrected chi connectivity index (χ4v) is 2.46. The van der Waals surface area contributed by atoms with Crippen LogP contribution in [0.1, 0.15) is 18.2 Å². The van der Waals surface area contributed by atoms with Gasteiger partial charge in [-0.15, -0.1) is 5.10 Å². The molecule has 20 heavy (non-hydrogen) atoms. The lowest BCUT2D eigenvalue weighted by molar-refractivity contribution is 0.501. The smallest absolute Gasteiger partial charge is 0.127 e. The van der Waals surface area contributed by atoms with Crippen molar-refractivity contribution in [3.8, 4) is 0 Å². The van der Waals surface area contributed by atoms with E-state index in [2.05, 4.69) is 15.6 Å². The highest BCUT2D eigenvalue weighted by Gasteiger charge is 2.16. The Morgan fingerprint density at radius 1 is 1.40 bits per heavy atom. The molecule has 1 aromatic carbocycles. The van der Waals surface area contributed by atoms with Crippen LogP contribution in [0.5, 0.6) is 0 Å². The molecule has 0 spiro atoms. The van der Waals surface area contributed by atoms with Crippen molar-refractivity contribution < 1.29 is 4.39 Å². The number of nitrogens with zero attached hydrogens (tertiary/aromatic N) is 3. The van der Waals surface area contributed by atoms with Crippen LogP contribution >= 0.6 is 11.6 Å². The molecule has 2 aromatic rings. The topological polar surface area (TPSA) is 42.7 Å². The van der Waals surface area contributed by atoms with Crippen LogP contribution in [0.2, 0.25) is 5.02 Å². The zero-order valence-electron chi connectivity index (χ0n) is 11.6. The number of aromatic nitrogens is 3. The van der Waals surface area contributed by atoms with Gasteiger partial charge in [0.1, 0.15) is 5.82 Å². The van der Waals surface area contributed by atoms with Gasteiger partial charge in [0.15, 0.2) is 0 Å². The molecule has 0 saturated heterocycles. The quantitative estimate of drug-likeness (QED) is 0.890. The number of hydrogen-bond acceptors (Lipinski definition) is 3. The Morgan fingerprint density at radius 3 is 2.80 bits per heavy atom. The predicted octanol–water partition coefficient (Wildman–Crippen LogP) is 2.37. The van der Waals surface area contributed by atoms with Gasteiger partial charge in [-0.3, -0.25) is 4.68 Å². The van der Waals surface area contributed by atoms with E-state index in [0.29, 0.717) is 23.4 Å². The summed E-state index contributed by atoms with van der Waals surface area (Å²) >= 11 is 6.08. The van der Waals surface area contributed by atoms with E-state index in [1.54, 1.807) is 16.8 Å². The molecule has 0 aliphatic carbocycles. The molecule has 0 fully saturated rings. The zero-order chi connectivity index (χ0) is 14.5. The Labute approximate surface area is 122 Å². The summed E-state index contributed by atoms with van der Waals surface area (Å²) in [4.78, 5) is 0. The maximum Gasteiger partial charge on any atom is 0.127 e. The molecule has 1 N–H and O–H groups in total. The molecule has 108 valence electrons. The minimum absolute atomic E-state index is 0.0751. The number of nitrogens with one attached hydrogen (secondary N) is 1. The van der Waals surface area contributed by atoms with Crippen molar-refractivity contribution in [1.29, 1.82) is 0 Å². The highest BCUT2D eigenvalue weighted by Crippen LogP contribution is 2.21. The van der Waals surface area contributed by atoms with Gasteiger partial charge in [-0.25, -0.2) is 4.39 Å². The summed E-state index contributed by atoms with van der Waals surface area (Å²) in [7, 11) is 1.83. The largest absolute Gasteiger partial charge is 0.314 e. The van der Waals surface area contributed by atoms with E-state index in [1.165, 1.54) is 6.07 Å². The van der Waals surface area contributed by atoms with Crippen LogP contribution in [0.25, 0.3) is 0 Å². The Morgan fingerprint density at radius 2 is 2.20 bits per heavy atom. The average molecular weight is 297 g/mol. The summed E-state index contributed by atoms with van der Waals surface area (Å²) in [5, 5.41) is 11.8. The third-order valence-electron chi connectivity index (χ3n) is 3.11. The number of aryl methyl sites for hydroxylation is 1. The molecule has 0 aliphatic rings. The Kier molecular flexibility index (Phi) is 5.09. The van der Waals surface area contributed by atoms with Gasteiger partial charge >= 0.3 is 0 Å². The Hall–Kier alpha value is -1.46. The Bertz CT molecular complexity index is 550. The first-order valence-electron chi connectivity index (χ1n) is 6.61. The average Bonchev–Trinajstić information content (AvgIpc) is 2.80. The van der Waals surface area contributed by atoms with Crippen molar-refractivity contribution in [2.75, 3.05) is 6.54 Å². The monoisotopic (exact) mass is 296 g/mol. The second kappa shape index (κ2) is 6.81. The van der Waals surface area contributed by atoms with Crippen molar-refractivity contribution in [3.05, 3.63) is 46.5 Å². The number of rotatable bonds is 6. The molecule has 0 radical (unpaired) electrons. The van der Waals surface area contributed by atoms with Gasteiger partial charge in [0.2, 0.25) is 0 Å². The van der Waals surface area contributed by atoms with Crippen LogP contribution in [0.4, 0.5) is 4.39 Å². The molecule has 1 atom stereocenters. The zero-order valence-corrected chi connectivity index (χ0v) is 12.4. The summed E-state index contributed by atoms with van der Waals surface area (Å²) in [5.74, 6) is -0.264. The lowest BCUT2D eigenvalue weighted by Crippen LogP contribution is -2.33. The molecular formula is C14H18ClFN4. The first-order valence-corrected chi connectivity index (χ1v) is 6.99. The lowest BCUT2D eigenvalue weighted by atomic mass is 10.0. The summed E-state index contributed by atoms with van der Waals surface area (Å²) in [6, 6.07) is 4.84. The third-order valence-corrected chi connectivity index (χ3v) is 3.46. The molecule has 4 nitrogen and oxygen atoms in total. The fourth-order valence-electron chi connectivity index (χ4n) is 2.22. The lowest BCUT2D eigenvalue weighted by Gasteiger charge is -2.17. The van der Waals surface area contributed by atoms with Crippen molar-refractivity contribution in [2.45, 2.75) is 25.8 Å². The molecule has 0 amide bonds. The number of halogens is 2. The number of benzene rings is 1. The molecule has 1 unspecified atom stereocenters. The van der Waals surface area contributed by atoms with Gasteiger partial charge in [0.25, 0.3) is 0 Å². The van der Waals surface area contributed by atoms with Crippen LogP contribution in [-0.4, -0.2) is 27.6 Å². The summed E-state index contributed by atoms with van der Waals surface area (Å²) < 4.78 is 15.5. The number of hydrogen-bond donors (Lipinski definition) is 1. The number of likely N-dealkylation sites (N-methyl/N-ethyl adjacent to an activating group) is 1. The minimum Gasteiger partial charge on any atom is -0.314 e. The Balaban J connectivity index is 2.13. The molecule has 0 saturated carbocycles. The second-order valence-corrected chi connectivity index (χ2v) is 5.15. The SMILES string of the molecule is CCNC(Cc1cn(C)nn1)Cc1c(F)cccc1Cl. The van der Waals surface area contributed by atoms with Crippen molar-refractivity contribution in [2.24, 2.45) is 7.05 Å². The molecule has 0 bridgehead atoms. The third kappa shape index (κ3) is 3.77. The van der Waals surface area contributed by atoms with Crippen LogP contribution in [0, 0.1) is 5.82 Å². The summed E-state index contributed by atoms with van der Waals surface area (Å²) in [6.45, 7) is 2.82. The van der Waals surface area contributed by atoms with Gasteiger partial charge in [-0.1, -0.05) is 29.8 Å². The van der Waals surface area contributed by atoms with Gasteiger partial charge in [-0.05, 0) is 25.1 Å². The highest BCUT2D eigenvalue weighted by atomic mass is 35.5. The molecule has 0 aliphatic heterocycles. The summed E-state index contributed by atoms with van der Waals surface area (Å²) in [6.07, 6.45) is 3.08. The van der Waals surface area contributed by atoms with Gasteiger partial charge < -0.3 is 5.32 Å². The van der Waals surface area contributed by atoms with Gasteiger partial charge in [-0.2, -0.15) is 0 Å². The highest BCUT2D eigenvalue weighted by molar-refractivity contribution is 6.31. The van der Waals surface area contributed by atoms with E-state index >= 15 is 0 Å². The van der Waals surface area contributed by atoms with Crippen molar-refractivity contribution in [3.63, 3.8) is 0 Å². The van der Waals surface area contributed by atoms with Crippen molar-refractivity contribution >= 4 is 11.6 Å². The fraction of sp³-hybridized carbons (Fsp3) is 0.429. The first kappa shape index (κ1) is 14.9.